The fourth-order valence-corrected chi connectivity index (χ4v) is 1.67. The second kappa shape index (κ2) is 8.25. The molecule has 0 spiro atoms. The summed E-state index contributed by atoms with van der Waals surface area (Å²) in [6.07, 6.45) is 7.06. The monoisotopic (exact) mass is 442 g/mol. The molecule has 0 fully saturated rings. The minimum atomic E-state index is -0.145. The van der Waals surface area contributed by atoms with E-state index in [4.69, 9.17) is 0 Å². The minimum absolute atomic E-state index is 0. The number of aromatic hydroxyl groups is 1. The summed E-state index contributed by atoms with van der Waals surface area (Å²) in [4.78, 5) is 0. The van der Waals surface area contributed by atoms with Crippen LogP contribution in [0.5, 0.6) is 5.75 Å². The van der Waals surface area contributed by atoms with Gasteiger partial charge in [0.25, 0.3) is 0 Å². The normalized spacial score (nSPS) is 11.5. The fraction of sp³-hybridized carbons (Fsp3) is 0. The van der Waals surface area contributed by atoms with Crippen LogP contribution in [0.1, 0.15) is 5.56 Å². The third-order valence-corrected chi connectivity index (χ3v) is 2.63. The average Bonchev–Trinajstić information content (AvgIpc) is 3.14. The molecule has 2 aromatic carbocycles. The number of hydrogen-bond donors (Lipinski definition) is 1. The van der Waals surface area contributed by atoms with Gasteiger partial charge in [0.15, 0.2) is 0 Å². The van der Waals surface area contributed by atoms with Gasteiger partial charge in [0, 0.05) is 5.56 Å². The van der Waals surface area contributed by atoms with Crippen LogP contribution in [0.4, 0.5) is 0 Å². The van der Waals surface area contributed by atoms with E-state index in [0.717, 1.165) is 0 Å². The Kier molecular flexibility index (Phi) is 6.63. The van der Waals surface area contributed by atoms with E-state index in [1.807, 2.05) is 30.3 Å². The maximum absolute atomic E-state index is 11.8. The molecule has 2 aromatic rings. The molecule has 0 unspecified atom stereocenters. The number of phenolic OH excluding ortho intramolecular Hbond substituents is 1. The molecule has 0 aliphatic heterocycles. The maximum Gasteiger partial charge on any atom is 2.00 e. The van der Waals surface area contributed by atoms with Crippen molar-refractivity contribution in [1.29, 1.82) is 0 Å². The minimum Gasteiger partial charge on any atom is -0.872 e. The Morgan fingerprint density at radius 3 is 2.05 bits per heavy atom. The van der Waals surface area contributed by atoms with Crippen molar-refractivity contribution in [2.24, 2.45) is 0 Å². The first-order valence-electron chi connectivity index (χ1n) is 6.00. The van der Waals surface area contributed by atoms with Crippen LogP contribution in [0.15, 0.2) is 84.5 Å². The number of para-hydroxylation sites is 1. The van der Waals surface area contributed by atoms with Gasteiger partial charge in [-0.25, -0.2) is 12.1 Å². The third-order valence-electron chi connectivity index (χ3n) is 2.63. The quantitative estimate of drug-likeness (QED) is 0.547. The van der Waals surface area contributed by atoms with Gasteiger partial charge in [-0.05, 0) is 11.6 Å². The van der Waals surface area contributed by atoms with Crippen LogP contribution >= 0.6 is 0 Å². The number of benzene rings is 1. The summed E-state index contributed by atoms with van der Waals surface area (Å²) < 4.78 is 0. The van der Waals surface area contributed by atoms with Crippen molar-refractivity contribution < 1.29 is 30.0 Å². The predicted octanol–water partition coefficient (Wildman–Crippen LogP) is 2.99. The van der Waals surface area contributed by atoms with Gasteiger partial charge in [-0.3, -0.25) is 0 Å². The number of phenols is 1. The maximum atomic E-state index is 11.8. The zero-order valence-electron chi connectivity index (χ0n) is 10.7. The van der Waals surface area contributed by atoms with E-state index < -0.39 is 0 Å². The molecule has 2 nitrogen and oxygen atoms in total. The van der Waals surface area contributed by atoms with E-state index >= 15 is 0 Å². The van der Waals surface area contributed by atoms with E-state index in [0.29, 0.717) is 11.1 Å². The van der Waals surface area contributed by atoms with Crippen molar-refractivity contribution >= 4 is 5.76 Å². The average molecular weight is 441 g/mol. The summed E-state index contributed by atoms with van der Waals surface area (Å²) in [7, 11) is 0. The second-order valence-electron chi connectivity index (χ2n) is 3.98. The third kappa shape index (κ3) is 4.29. The molecule has 0 atom stereocenters. The van der Waals surface area contributed by atoms with Crippen LogP contribution in [0.3, 0.4) is 0 Å². The molecule has 0 bridgehead atoms. The van der Waals surface area contributed by atoms with Crippen LogP contribution in [-0.4, -0.2) is 5.11 Å². The number of allylic oxidation sites excluding steroid dienone is 5. The van der Waals surface area contributed by atoms with Gasteiger partial charge in [-0.2, -0.15) is 18.2 Å². The molecule has 1 N–H and O–H groups in total. The molecule has 0 heterocycles. The molecule has 0 saturated carbocycles. The first-order valence-corrected chi connectivity index (χ1v) is 6.00. The molecule has 102 valence electrons. The Morgan fingerprint density at radius 2 is 1.55 bits per heavy atom. The zero-order chi connectivity index (χ0) is 13.5. The van der Waals surface area contributed by atoms with Gasteiger partial charge >= 0.3 is 19.8 Å². The Labute approximate surface area is 131 Å². The van der Waals surface area contributed by atoms with E-state index in [2.05, 4.69) is 0 Å². The van der Waals surface area contributed by atoms with Gasteiger partial charge in [0.2, 0.25) is 0 Å². The molecule has 3 heteroatoms. The van der Waals surface area contributed by atoms with Gasteiger partial charge in [0.05, 0.1) is 0 Å². The van der Waals surface area contributed by atoms with Crippen molar-refractivity contribution in [2.75, 3.05) is 0 Å². The Bertz CT molecular complexity index is 576. The van der Waals surface area contributed by atoms with Gasteiger partial charge < -0.3 is 10.2 Å². The van der Waals surface area contributed by atoms with Crippen molar-refractivity contribution in [2.45, 2.75) is 0 Å². The molecular formula is C17H14O2Os. The summed E-state index contributed by atoms with van der Waals surface area (Å²) in [6, 6.07) is 16.5. The molecule has 0 saturated heterocycles. The molecule has 20 heavy (non-hydrogen) atoms. The number of hydrogen-bond acceptors (Lipinski definition) is 2. The molecule has 0 aromatic heterocycles. The van der Waals surface area contributed by atoms with Crippen molar-refractivity contribution in [3.63, 3.8) is 0 Å². The van der Waals surface area contributed by atoms with E-state index in [1.54, 1.807) is 42.5 Å². The van der Waals surface area contributed by atoms with E-state index in [9.17, 15) is 10.2 Å². The SMILES string of the molecule is [O-]C(=C1C=CC=C1)c1ccccc1O.[Os+2].c1cc[cH-]c1. The number of rotatable bonds is 1. The fourth-order valence-electron chi connectivity index (χ4n) is 1.67. The molecule has 0 amide bonds. The predicted molar refractivity (Wildman–Crippen MR) is 75.3 cm³/mol. The van der Waals surface area contributed by atoms with Crippen molar-refractivity contribution in [3.8, 4) is 5.75 Å². The summed E-state index contributed by atoms with van der Waals surface area (Å²) in [5.74, 6) is -0.119. The van der Waals surface area contributed by atoms with Gasteiger partial charge in [-0.1, -0.05) is 48.3 Å². The van der Waals surface area contributed by atoms with Gasteiger partial charge in [0.1, 0.15) is 5.75 Å². The van der Waals surface area contributed by atoms with Crippen LogP contribution < -0.4 is 5.11 Å². The molecule has 1 aliphatic rings. The molecular weight excluding hydrogens is 426 g/mol. The summed E-state index contributed by atoms with van der Waals surface area (Å²) in [5.41, 5.74) is 0.949. The first-order chi connectivity index (χ1) is 9.29. The van der Waals surface area contributed by atoms with Crippen LogP contribution in [0, 0.1) is 0 Å². The topological polar surface area (TPSA) is 43.3 Å². The Morgan fingerprint density at radius 1 is 0.950 bits per heavy atom. The molecule has 3 rings (SSSR count). The van der Waals surface area contributed by atoms with E-state index in [1.165, 1.54) is 6.07 Å². The van der Waals surface area contributed by atoms with Crippen molar-refractivity contribution in [1.82, 2.24) is 0 Å². The summed E-state index contributed by atoms with van der Waals surface area (Å²) in [6.45, 7) is 0. The summed E-state index contributed by atoms with van der Waals surface area (Å²) in [5, 5.41) is 21.2. The smallest absolute Gasteiger partial charge is 0.872 e. The van der Waals surface area contributed by atoms with Crippen LogP contribution in [0.25, 0.3) is 5.76 Å². The van der Waals surface area contributed by atoms with Crippen LogP contribution in [-0.2, 0) is 19.8 Å². The standard InChI is InChI=1S/C12H10O2.C5H5.Os/c13-11-8-4-3-7-10(11)12(14)9-5-1-2-6-9;1-2-4-5-3-1;/h1-8,13-14H;1-5H;/q;-1;+2/p-1. The zero-order valence-corrected chi connectivity index (χ0v) is 13.3. The van der Waals surface area contributed by atoms with Crippen molar-refractivity contribution in [3.05, 3.63) is 90.0 Å². The Balaban J connectivity index is 0.000000283. The second-order valence-corrected chi connectivity index (χ2v) is 3.98. The first kappa shape index (κ1) is 16.1. The van der Waals surface area contributed by atoms with Crippen LogP contribution in [0.2, 0.25) is 0 Å². The van der Waals surface area contributed by atoms with E-state index in [-0.39, 0.29) is 31.3 Å². The largest absolute Gasteiger partial charge is 2.00 e. The molecule has 1 aliphatic carbocycles. The Hall–Kier alpha value is -1.97. The molecule has 0 radical (unpaired) electrons. The van der Waals surface area contributed by atoms with Gasteiger partial charge in [-0.15, -0.1) is 0 Å². The summed E-state index contributed by atoms with van der Waals surface area (Å²) >= 11 is 0.